The normalized spacial score (nSPS) is 11.9. The number of aromatic hydroxyl groups is 1. The van der Waals surface area contributed by atoms with Crippen molar-refractivity contribution in [3.05, 3.63) is 69.3 Å². The number of unbranched alkanes of at least 4 members (excludes halogenated alkanes) is 1. The Balaban J connectivity index is 2.08. The molecule has 0 aliphatic carbocycles. The lowest BCUT2D eigenvalue weighted by molar-refractivity contribution is -0.131. The van der Waals surface area contributed by atoms with E-state index in [1.165, 1.54) is 0 Å². The van der Waals surface area contributed by atoms with Gasteiger partial charge >= 0.3 is 12.1 Å². The number of aryl methyl sites for hydroxylation is 1. The first-order valence-corrected chi connectivity index (χ1v) is 9.85. The van der Waals surface area contributed by atoms with Gasteiger partial charge in [-0.25, -0.2) is 9.59 Å². The zero-order chi connectivity index (χ0) is 20.5. The van der Waals surface area contributed by atoms with Crippen LogP contribution in [0, 0.1) is 10.5 Å². The molecule has 1 atom stereocenters. The molecule has 28 heavy (non-hydrogen) atoms. The second kappa shape index (κ2) is 10.7. The highest BCUT2D eigenvalue weighted by Gasteiger charge is 2.20. The Bertz CT molecular complexity index is 848. The second-order valence-corrected chi connectivity index (χ2v) is 7.51. The quantitative estimate of drug-likeness (QED) is 0.259. The average molecular weight is 495 g/mol. The fourth-order valence-electron chi connectivity index (χ4n) is 2.58. The Morgan fingerprint density at radius 3 is 2.61 bits per heavy atom. The molecule has 7 heteroatoms. The number of ether oxygens (including phenoxy) is 1. The summed E-state index contributed by atoms with van der Waals surface area (Å²) in [5.41, 5.74) is 2.22. The van der Waals surface area contributed by atoms with Crippen LogP contribution in [-0.4, -0.2) is 22.3 Å². The van der Waals surface area contributed by atoms with Crippen molar-refractivity contribution in [3.63, 3.8) is 0 Å². The predicted octanol–water partition coefficient (Wildman–Crippen LogP) is 5.41. The number of carbonyl (C=O) groups excluding carboxylic acids is 1. The molecule has 0 heterocycles. The maximum atomic E-state index is 12.3. The van der Waals surface area contributed by atoms with Crippen LogP contribution in [0.1, 0.15) is 36.5 Å². The van der Waals surface area contributed by atoms with Crippen molar-refractivity contribution in [3.8, 4) is 5.75 Å². The molecule has 148 valence electrons. The van der Waals surface area contributed by atoms with Gasteiger partial charge < -0.3 is 14.9 Å². The average Bonchev–Trinajstić information content (AvgIpc) is 2.64. The zero-order valence-electron chi connectivity index (χ0n) is 15.4. The Morgan fingerprint density at radius 2 is 1.93 bits per heavy atom. The standard InChI is InChI=1S/C21H22INO5/c1-14-7-10-16(11-8-14)23-21(27)28-19(5-3-2-4-6-20(25)26)17-13-15(22)9-12-18(17)24/h4,6-13,19,24H,2-3,5H2,1H3,(H,23,27)(H,25,26)/b6-4+/t19-/m1/s1. The molecule has 0 radical (unpaired) electrons. The molecule has 2 aromatic carbocycles. The van der Waals surface area contributed by atoms with E-state index in [9.17, 15) is 14.7 Å². The zero-order valence-corrected chi connectivity index (χ0v) is 17.5. The molecule has 0 saturated heterocycles. The summed E-state index contributed by atoms with van der Waals surface area (Å²) in [6.45, 7) is 1.96. The van der Waals surface area contributed by atoms with Crippen molar-refractivity contribution in [1.82, 2.24) is 0 Å². The number of nitrogens with one attached hydrogen (secondary N) is 1. The predicted molar refractivity (Wildman–Crippen MR) is 115 cm³/mol. The number of carboxylic acid groups (broad SMARTS) is 1. The highest BCUT2D eigenvalue weighted by Crippen LogP contribution is 2.32. The van der Waals surface area contributed by atoms with E-state index in [0.29, 0.717) is 30.5 Å². The van der Waals surface area contributed by atoms with Crippen molar-refractivity contribution < 1.29 is 24.5 Å². The van der Waals surface area contributed by atoms with Gasteiger partial charge in [0, 0.05) is 20.9 Å². The Hall–Kier alpha value is -2.55. The third-order valence-corrected chi connectivity index (χ3v) is 4.65. The van der Waals surface area contributed by atoms with E-state index in [1.54, 1.807) is 36.4 Å². The van der Waals surface area contributed by atoms with Crippen LogP contribution in [0.5, 0.6) is 5.75 Å². The molecule has 0 spiro atoms. The SMILES string of the molecule is Cc1ccc(NC(=O)O[C@H](CCC/C=C/C(=O)O)c2cc(I)ccc2O)cc1. The number of hydrogen-bond acceptors (Lipinski definition) is 4. The van der Waals surface area contributed by atoms with Gasteiger partial charge in [0.1, 0.15) is 11.9 Å². The first kappa shape index (κ1) is 21.7. The number of phenols is 1. The van der Waals surface area contributed by atoms with Crippen molar-refractivity contribution in [2.45, 2.75) is 32.3 Å². The lowest BCUT2D eigenvalue weighted by Crippen LogP contribution is -2.18. The minimum atomic E-state index is -1.000. The van der Waals surface area contributed by atoms with E-state index in [2.05, 4.69) is 27.9 Å². The number of aliphatic carboxylic acids is 1. The summed E-state index contributed by atoms with van der Waals surface area (Å²) in [5.74, 6) is -0.949. The molecular weight excluding hydrogens is 473 g/mol. The fraction of sp³-hybridized carbons (Fsp3) is 0.238. The molecule has 0 aromatic heterocycles. The van der Waals surface area contributed by atoms with Gasteiger partial charge in [0.25, 0.3) is 0 Å². The van der Waals surface area contributed by atoms with E-state index in [-0.39, 0.29) is 5.75 Å². The maximum Gasteiger partial charge on any atom is 0.412 e. The number of carboxylic acids is 1. The van der Waals surface area contributed by atoms with Crippen LogP contribution in [0.3, 0.4) is 0 Å². The van der Waals surface area contributed by atoms with Crippen molar-refractivity contribution >= 4 is 40.3 Å². The van der Waals surface area contributed by atoms with Crippen LogP contribution in [0.2, 0.25) is 0 Å². The highest BCUT2D eigenvalue weighted by atomic mass is 127. The number of hydrogen-bond donors (Lipinski definition) is 3. The number of phenolic OH excluding ortho intramolecular Hbond substituents is 1. The molecule has 3 N–H and O–H groups in total. The molecule has 0 saturated carbocycles. The van der Waals surface area contributed by atoms with E-state index in [1.807, 2.05) is 19.1 Å². The Morgan fingerprint density at radius 1 is 1.21 bits per heavy atom. The van der Waals surface area contributed by atoms with Crippen molar-refractivity contribution in [2.24, 2.45) is 0 Å². The number of benzene rings is 2. The van der Waals surface area contributed by atoms with E-state index in [0.717, 1.165) is 15.2 Å². The number of allylic oxidation sites excluding steroid dienone is 1. The number of amides is 1. The van der Waals surface area contributed by atoms with Crippen LogP contribution >= 0.6 is 22.6 Å². The lowest BCUT2D eigenvalue weighted by atomic mass is 10.0. The van der Waals surface area contributed by atoms with Gasteiger partial charge in [-0.3, -0.25) is 5.32 Å². The smallest absolute Gasteiger partial charge is 0.412 e. The summed E-state index contributed by atoms with van der Waals surface area (Å²) >= 11 is 2.13. The minimum absolute atomic E-state index is 0.0506. The summed E-state index contributed by atoms with van der Waals surface area (Å²) in [6.07, 6.45) is 2.93. The third-order valence-electron chi connectivity index (χ3n) is 3.98. The molecule has 2 aromatic rings. The van der Waals surface area contributed by atoms with E-state index < -0.39 is 18.2 Å². The molecule has 0 aliphatic rings. The summed E-state index contributed by atoms with van der Waals surface area (Å²) in [4.78, 5) is 22.9. The number of rotatable bonds is 8. The molecule has 0 bridgehead atoms. The molecule has 0 aliphatic heterocycles. The molecule has 0 fully saturated rings. The third kappa shape index (κ3) is 7.22. The second-order valence-electron chi connectivity index (χ2n) is 6.26. The topological polar surface area (TPSA) is 95.9 Å². The first-order chi connectivity index (χ1) is 13.3. The van der Waals surface area contributed by atoms with Gasteiger partial charge in [-0.05, 0) is 79.1 Å². The van der Waals surface area contributed by atoms with E-state index in [4.69, 9.17) is 9.84 Å². The number of halogens is 1. The summed E-state index contributed by atoms with van der Waals surface area (Å²) in [6, 6.07) is 12.4. The van der Waals surface area contributed by atoms with Crippen LogP contribution < -0.4 is 5.32 Å². The van der Waals surface area contributed by atoms with E-state index >= 15 is 0 Å². The number of carbonyl (C=O) groups is 2. The van der Waals surface area contributed by atoms with Crippen LogP contribution in [-0.2, 0) is 9.53 Å². The van der Waals surface area contributed by atoms with Gasteiger partial charge in [0.15, 0.2) is 0 Å². The highest BCUT2D eigenvalue weighted by molar-refractivity contribution is 14.1. The molecular formula is C21H22INO5. The molecule has 0 unspecified atom stereocenters. The summed E-state index contributed by atoms with van der Waals surface area (Å²) in [7, 11) is 0. The lowest BCUT2D eigenvalue weighted by Gasteiger charge is -2.20. The largest absolute Gasteiger partial charge is 0.508 e. The number of anilines is 1. The fourth-order valence-corrected chi connectivity index (χ4v) is 3.10. The summed E-state index contributed by atoms with van der Waals surface area (Å²) in [5, 5.41) is 21.5. The molecule has 2 rings (SSSR count). The molecule has 1 amide bonds. The Kier molecular flexibility index (Phi) is 8.31. The minimum Gasteiger partial charge on any atom is -0.508 e. The van der Waals surface area contributed by atoms with Crippen LogP contribution in [0.25, 0.3) is 0 Å². The molecule has 6 nitrogen and oxygen atoms in total. The van der Waals surface area contributed by atoms with Gasteiger partial charge in [0.2, 0.25) is 0 Å². The van der Waals surface area contributed by atoms with Crippen molar-refractivity contribution in [2.75, 3.05) is 5.32 Å². The van der Waals surface area contributed by atoms with Crippen LogP contribution in [0.15, 0.2) is 54.6 Å². The monoisotopic (exact) mass is 495 g/mol. The van der Waals surface area contributed by atoms with Crippen molar-refractivity contribution in [1.29, 1.82) is 0 Å². The van der Waals surface area contributed by atoms with Gasteiger partial charge in [-0.2, -0.15) is 0 Å². The van der Waals surface area contributed by atoms with Crippen LogP contribution in [0.4, 0.5) is 10.5 Å². The first-order valence-electron chi connectivity index (χ1n) is 8.77. The Labute approximate surface area is 177 Å². The van der Waals surface area contributed by atoms with Gasteiger partial charge in [0.05, 0.1) is 0 Å². The van der Waals surface area contributed by atoms with Gasteiger partial charge in [-0.15, -0.1) is 0 Å². The summed E-state index contributed by atoms with van der Waals surface area (Å²) < 4.78 is 6.49. The van der Waals surface area contributed by atoms with Gasteiger partial charge in [-0.1, -0.05) is 23.8 Å². The maximum absolute atomic E-state index is 12.3.